The minimum absolute atomic E-state index is 0.609. The van der Waals surface area contributed by atoms with Crippen LogP contribution in [-0.4, -0.2) is 28.8 Å². The van der Waals surface area contributed by atoms with Crippen molar-refractivity contribution in [2.75, 3.05) is 12.8 Å². The van der Waals surface area contributed by atoms with E-state index < -0.39 is 0 Å². The van der Waals surface area contributed by atoms with Gasteiger partial charge in [0.25, 0.3) is 0 Å². The van der Waals surface area contributed by atoms with E-state index in [1.165, 1.54) is 31.2 Å². The van der Waals surface area contributed by atoms with E-state index in [0.29, 0.717) is 6.04 Å². The van der Waals surface area contributed by atoms with Crippen molar-refractivity contribution in [3.05, 3.63) is 23.8 Å². The molecule has 0 amide bonds. The first kappa shape index (κ1) is 14.0. The van der Waals surface area contributed by atoms with Gasteiger partial charge in [0.2, 0.25) is 0 Å². The lowest BCUT2D eigenvalue weighted by molar-refractivity contribution is 0.410. The third-order valence-corrected chi connectivity index (χ3v) is 5.35. The fraction of sp³-hybridized carbons (Fsp3) is 0.562. The van der Waals surface area contributed by atoms with Gasteiger partial charge < -0.3 is 10.3 Å². The predicted octanol–water partition coefficient (Wildman–Crippen LogP) is 3.74. The van der Waals surface area contributed by atoms with Crippen LogP contribution in [0.5, 0.6) is 0 Å². The first-order chi connectivity index (χ1) is 9.76. The zero-order valence-electron chi connectivity index (χ0n) is 12.3. The molecule has 1 atom stereocenters. The summed E-state index contributed by atoms with van der Waals surface area (Å²) in [7, 11) is 2.09. The maximum atomic E-state index is 4.67. The Kier molecular flexibility index (Phi) is 4.32. The Morgan fingerprint density at radius 2 is 2.20 bits per heavy atom. The lowest BCUT2D eigenvalue weighted by atomic mass is 10.0. The molecule has 1 fully saturated rings. The molecule has 2 aromatic rings. The van der Waals surface area contributed by atoms with Gasteiger partial charge in [0.1, 0.15) is 0 Å². The van der Waals surface area contributed by atoms with Crippen molar-refractivity contribution >= 4 is 22.8 Å². The van der Waals surface area contributed by atoms with Gasteiger partial charge in [0.05, 0.1) is 11.0 Å². The molecule has 3 nitrogen and oxygen atoms in total. The normalized spacial score (nSPS) is 17.9. The number of fused-ring (bicyclic) bond motifs is 1. The van der Waals surface area contributed by atoms with E-state index in [-0.39, 0.29) is 0 Å². The highest BCUT2D eigenvalue weighted by molar-refractivity contribution is 7.99. The van der Waals surface area contributed by atoms with Gasteiger partial charge in [-0.1, -0.05) is 30.7 Å². The topological polar surface area (TPSA) is 40.7 Å². The minimum Gasteiger partial charge on any atom is -0.333 e. The number of hydrogen-bond donors (Lipinski definition) is 2. The summed E-state index contributed by atoms with van der Waals surface area (Å²) in [5, 5.41) is 4.54. The zero-order chi connectivity index (χ0) is 13.9. The van der Waals surface area contributed by atoms with E-state index in [1.807, 2.05) is 11.8 Å². The van der Waals surface area contributed by atoms with E-state index in [2.05, 4.69) is 47.5 Å². The molecule has 4 heteroatoms. The standard InChI is InChI=1S/C16H23N3S/c1-11-7-8-13-14(9-11)19-16(18-13)20-10-15(17-2)12-5-3-4-6-12/h7-9,12,15,17H,3-6,10H2,1-2H3,(H,18,19). The van der Waals surface area contributed by atoms with Crippen molar-refractivity contribution in [2.24, 2.45) is 5.92 Å². The Balaban J connectivity index is 1.66. The summed E-state index contributed by atoms with van der Waals surface area (Å²) in [5.74, 6) is 1.94. The lowest BCUT2D eigenvalue weighted by Gasteiger charge is -2.21. The second-order valence-corrected chi connectivity index (χ2v) is 6.82. The molecule has 108 valence electrons. The maximum Gasteiger partial charge on any atom is 0.166 e. The monoisotopic (exact) mass is 289 g/mol. The van der Waals surface area contributed by atoms with E-state index >= 15 is 0 Å². The van der Waals surface area contributed by atoms with Gasteiger partial charge >= 0.3 is 0 Å². The third-order valence-electron chi connectivity index (χ3n) is 4.35. The SMILES string of the molecule is CNC(CSc1nc2ccc(C)cc2[nH]1)C1CCCC1. The molecule has 3 rings (SSSR count). The van der Waals surface area contributed by atoms with Crippen LogP contribution in [0, 0.1) is 12.8 Å². The van der Waals surface area contributed by atoms with Crippen LogP contribution in [-0.2, 0) is 0 Å². The van der Waals surface area contributed by atoms with Crippen molar-refractivity contribution < 1.29 is 0 Å². The Labute approximate surface area is 124 Å². The molecule has 1 saturated carbocycles. The van der Waals surface area contributed by atoms with Crippen LogP contribution >= 0.6 is 11.8 Å². The molecule has 1 aromatic carbocycles. The fourth-order valence-corrected chi connectivity index (χ4v) is 4.27. The van der Waals surface area contributed by atoms with Gasteiger partial charge in [0.15, 0.2) is 5.16 Å². The van der Waals surface area contributed by atoms with Crippen molar-refractivity contribution in [3.63, 3.8) is 0 Å². The molecule has 0 bridgehead atoms. The maximum absolute atomic E-state index is 4.67. The highest BCUT2D eigenvalue weighted by atomic mass is 32.2. The summed E-state index contributed by atoms with van der Waals surface area (Å²) in [6, 6.07) is 6.99. The number of aromatic amines is 1. The number of benzene rings is 1. The fourth-order valence-electron chi connectivity index (χ4n) is 3.15. The van der Waals surface area contributed by atoms with Crippen LogP contribution in [0.2, 0.25) is 0 Å². The Morgan fingerprint density at radius 3 is 2.95 bits per heavy atom. The van der Waals surface area contributed by atoms with Crippen LogP contribution in [0.3, 0.4) is 0 Å². The van der Waals surface area contributed by atoms with Gasteiger partial charge in [-0.15, -0.1) is 0 Å². The number of aromatic nitrogens is 2. The molecule has 1 heterocycles. The molecular formula is C16H23N3S. The molecule has 1 aliphatic rings. The summed E-state index contributed by atoms with van der Waals surface area (Å²) < 4.78 is 0. The minimum atomic E-state index is 0.609. The number of H-pyrrole nitrogens is 1. The Hall–Kier alpha value is -1.00. The van der Waals surface area contributed by atoms with Crippen LogP contribution in [0.15, 0.2) is 23.4 Å². The average molecular weight is 289 g/mol. The molecule has 0 spiro atoms. The second kappa shape index (κ2) is 6.19. The van der Waals surface area contributed by atoms with Crippen molar-refractivity contribution in [3.8, 4) is 0 Å². The van der Waals surface area contributed by atoms with Crippen molar-refractivity contribution in [1.29, 1.82) is 0 Å². The lowest BCUT2D eigenvalue weighted by Crippen LogP contribution is -2.34. The van der Waals surface area contributed by atoms with Crippen LogP contribution in [0.4, 0.5) is 0 Å². The third kappa shape index (κ3) is 3.01. The van der Waals surface area contributed by atoms with Crippen LogP contribution < -0.4 is 5.32 Å². The number of imidazole rings is 1. The summed E-state index contributed by atoms with van der Waals surface area (Å²) in [5.41, 5.74) is 3.49. The number of nitrogens with zero attached hydrogens (tertiary/aromatic N) is 1. The second-order valence-electron chi connectivity index (χ2n) is 5.81. The average Bonchev–Trinajstić information content (AvgIpc) is 3.08. The molecule has 2 N–H and O–H groups in total. The summed E-state index contributed by atoms with van der Waals surface area (Å²) in [4.78, 5) is 8.10. The number of thioether (sulfide) groups is 1. The van der Waals surface area contributed by atoms with Crippen LogP contribution in [0.1, 0.15) is 31.2 Å². The van der Waals surface area contributed by atoms with Gasteiger partial charge in [0, 0.05) is 11.8 Å². The van der Waals surface area contributed by atoms with Crippen LogP contribution in [0.25, 0.3) is 11.0 Å². The van der Waals surface area contributed by atoms with Crippen molar-refractivity contribution in [1.82, 2.24) is 15.3 Å². The summed E-state index contributed by atoms with van der Waals surface area (Å²) in [6.07, 6.45) is 5.56. The Bertz CT molecular complexity index is 572. The number of rotatable bonds is 5. The first-order valence-electron chi connectivity index (χ1n) is 7.52. The molecule has 20 heavy (non-hydrogen) atoms. The van der Waals surface area contributed by atoms with Gasteiger partial charge in [-0.2, -0.15) is 0 Å². The number of nitrogens with one attached hydrogen (secondary N) is 2. The summed E-state index contributed by atoms with van der Waals surface area (Å²) >= 11 is 1.84. The smallest absolute Gasteiger partial charge is 0.166 e. The van der Waals surface area contributed by atoms with E-state index in [9.17, 15) is 0 Å². The van der Waals surface area contributed by atoms with Gasteiger partial charge in [-0.05, 0) is 50.4 Å². The molecule has 1 aliphatic carbocycles. The highest BCUT2D eigenvalue weighted by Crippen LogP contribution is 2.30. The number of aryl methyl sites for hydroxylation is 1. The molecule has 0 radical (unpaired) electrons. The Morgan fingerprint density at radius 1 is 1.40 bits per heavy atom. The first-order valence-corrected chi connectivity index (χ1v) is 8.51. The quantitative estimate of drug-likeness (QED) is 0.824. The van der Waals surface area contributed by atoms with E-state index in [1.54, 1.807) is 0 Å². The van der Waals surface area contributed by atoms with Gasteiger partial charge in [-0.25, -0.2) is 4.98 Å². The molecule has 1 aromatic heterocycles. The largest absolute Gasteiger partial charge is 0.333 e. The zero-order valence-corrected chi connectivity index (χ0v) is 13.1. The van der Waals surface area contributed by atoms with E-state index in [4.69, 9.17) is 0 Å². The molecule has 0 saturated heterocycles. The van der Waals surface area contributed by atoms with Crippen molar-refractivity contribution in [2.45, 2.75) is 43.8 Å². The summed E-state index contributed by atoms with van der Waals surface area (Å²) in [6.45, 7) is 2.12. The molecular weight excluding hydrogens is 266 g/mol. The van der Waals surface area contributed by atoms with E-state index in [0.717, 1.165) is 27.9 Å². The molecule has 0 aliphatic heterocycles. The van der Waals surface area contributed by atoms with Gasteiger partial charge in [-0.3, -0.25) is 0 Å². The number of hydrogen-bond acceptors (Lipinski definition) is 3. The highest BCUT2D eigenvalue weighted by Gasteiger charge is 2.24. The molecule has 1 unspecified atom stereocenters. The predicted molar refractivity (Wildman–Crippen MR) is 86.4 cm³/mol.